The molecule has 1 heterocycles. The Kier molecular flexibility index (Phi) is 4.29. The fraction of sp³-hybridized carbons (Fsp3) is 0.100. The smallest absolute Gasteiger partial charge is 0.253 e. The minimum absolute atomic E-state index is 0.0132. The molecule has 0 aliphatic carbocycles. The summed E-state index contributed by atoms with van der Waals surface area (Å²) in [5.41, 5.74) is 3.65. The molecule has 0 saturated carbocycles. The second kappa shape index (κ2) is 6.54. The first kappa shape index (κ1) is 15.7. The molecule has 0 spiro atoms. The Morgan fingerprint density at radius 1 is 0.833 bits per heavy atom. The Hall–Kier alpha value is -3.14. The van der Waals surface area contributed by atoms with Gasteiger partial charge in [-0.15, -0.1) is 0 Å². The Bertz CT molecular complexity index is 859. The number of benzene rings is 2. The Balaban J connectivity index is 1.83. The van der Waals surface area contributed by atoms with E-state index in [2.05, 4.69) is 0 Å². The zero-order valence-corrected chi connectivity index (χ0v) is 13.5. The van der Waals surface area contributed by atoms with Crippen molar-refractivity contribution in [2.75, 3.05) is 14.1 Å². The Morgan fingerprint density at radius 2 is 1.38 bits per heavy atom. The van der Waals surface area contributed by atoms with E-state index in [1.807, 2.05) is 48.5 Å². The lowest BCUT2D eigenvalue weighted by Gasteiger charge is -2.10. The highest BCUT2D eigenvalue weighted by molar-refractivity contribution is 5.94. The van der Waals surface area contributed by atoms with Gasteiger partial charge < -0.3 is 9.32 Å². The summed E-state index contributed by atoms with van der Waals surface area (Å²) >= 11 is 0. The molecule has 3 rings (SSSR count). The predicted octanol–water partition coefficient (Wildman–Crippen LogP) is 4.13. The Morgan fingerprint density at radius 3 is 1.88 bits per heavy atom. The normalized spacial score (nSPS) is 10.4. The third-order valence-corrected chi connectivity index (χ3v) is 3.78. The number of amides is 1. The number of hydrogen-bond donors (Lipinski definition) is 0. The lowest BCUT2D eigenvalue weighted by Crippen LogP contribution is -2.21. The number of nitrogens with zero attached hydrogens (tertiary/aromatic N) is 1. The summed E-state index contributed by atoms with van der Waals surface area (Å²) in [5.74, 6) is 0.964. The zero-order chi connectivity index (χ0) is 17.1. The van der Waals surface area contributed by atoms with Crippen LogP contribution in [0.2, 0.25) is 0 Å². The van der Waals surface area contributed by atoms with Gasteiger partial charge in [0.15, 0.2) is 12.0 Å². The van der Waals surface area contributed by atoms with Gasteiger partial charge in [0.05, 0.1) is 0 Å². The van der Waals surface area contributed by atoms with E-state index in [1.54, 1.807) is 31.1 Å². The van der Waals surface area contributed by atoms with Crippen LogP contribution >= 0.6 is 0 Å². The molecule has 2 aromatic carbocycles. The van der Waals surface area contributed by atoms with E-state index in [9.17, 15) is 9.59 Å². The van der Waals surface area contributed by atoms with Gasteiger partial charge in [0, 0.05) is 25.2 Å². The van der Waals surface area contributed by atoms with Gasteiger partial charge in [0.1, 0.15) is 5.76 Å². The summed E-state index contributed by atoms with van der Waals surface area (Å²) in [6.45, 7) is 0. The van der Waals surface area contributed by atoms with Crippen molar-refractivity contribution in [2.24, 2.45) is 0 Å². The second-order valence-electron chi connectivity index (χ2n) is 5.67. The number of carbonyl (C=O) groups is 2. The third kappa shape index (κ3) is 3.13. The molecule has 0 atom stereocenters. The minimum Gasteiger partial charge on any atom is -0.453 e. The highest BCUT2D eigenvalue weighted by atomic mass is 16.3. The molecule has 24 heavy (non-hydrogen) atoms. The molecule has 4 nitrogen and oxygen atoms in total. The fourth-order valence-corrected chi connectivity index (χ4v) is 2.46. The van der Waals surface area contributed by atoms with Crippen LogP contribution in [-0.2, 0) is 0 Å². The quantitative estimate of drug-likeness (QED) is 0.679. The maximum atomic E-state index is 11.9. The van der Waals surface area contributed by atoms with E-state index in [0.717, 1.165) is 16.7 Å². The van der Waals surface area contributed by atoms with E-state index < -0.39 is 0 Å². The molecule has 3 aromatic rings. The molecule has 1 amide bonds. The van der Waals surface area contributed by atoms with Crippen molar-refractivity contribution in [2.45, 2.75) is 0 Å². The summed E-state index contributed by atoms with van der Waals surface area (Å²) in [6.07, 6.45) is 0.689. The molecule has 0 aliphatic heterocycles. The number of aldehydes is 1. The summed E-state index contributed by atoms with van der Waals surface area (Å²) in [7, 11) is 3.47. The Labute approximate surface area is 140 Å². The van der Waals surface area contributed by atoms with Crippen LogP contribution in [0.15, 0.2) is 65.1 Å². The summed E-state index contributed by atoms with van der Waals surface area (Å²) in [5, 5.41) is 0. The average Bonchev–Trinajstić information content (AvgIpc) is 3.10. The lowest BCUT2D eigenvalue weighted by atomic mass is 10.0. The van der Waals surface area contributed by atoms with E-state index in [-0.39, 0.29) is 5.91 Å². The monoisotopic (exact) mass is 319 g/mol. The molecule has 0 aliphatic rings. The number of hydrogen-bond acceptors (Lipinski definition) is 3. The van der Waals surface area contributed by atoms with E-state index in [1.165, 1.54) is 0 Å². The first-order valence-corrected chi connectivity index (χ1v) is 7.56. The van der Waals surface area contributed by atoms with Crippen LogP contribution in [0.3, 0.4) is 0 Å². The van der Waals surface area contributed by atoms with Crippen LogP contribution < -0.4 is 0 Å². The SMILES string of the molecule is CN(C)C(=O)c1ccc(-c2ccc(-c3ccc(C=O)o3)cc2)cc1. The van der Waals surface area contributed by atoms with Crippen LogP contribution in [0.1, 0.15) is 20.9 Å². The molecule has 1 aromatic heterocycles. The predicted molar refractivity (Wildman–Crippen MR) is 93.0 cm³/mol. The van der Waals surface area contributed by atoms with E-state index in [0.29, 0.717) is 23.4 Å². The summed E-state index contributed by atoms with van der Waals surface area (Å²) < 4.78 is 5.42. The van der Waals surface area contributed by atoms with Crippen LogP contribution in [0, 0.1) is 0 Å². The van der Waals surface area contributed by atoms with Gasteiger partial charge in [-0.25, -0.2) is 0 Å². The van der Waals surface area contributed by atoms with Crippen molar-refractivity contribution in [3.63, 3.8) is 0 Å². The largest absolute Gasteiger partial charge is 0.453 e. The van der Waals surface area contributed by atoms with Gasteiger partial charge in [0.2, 0.25) is 0 Å². The standard InChI is InChI=1S/C20H17NO3/c1-21(2)20(23)17-9-5-15(6-10-17)14-3-7-16(8-4-14)19-12-11-18(13-22)24-19/h3-13H,1-2H3. The minimum atomic E-state index is -0.0132. The first-order valence-electron chi connectivity index (χ1n) is 7.56. The maximum absolute atomic E-state index is 11.9. The lowest BCUT2D eigenvalue weighted by molar-refractivity contribution is 0.0827. The van der Waals surface area contributed by atoms with Gasteiger partial charge in [-0.2, -0.15) is 0 Å². The molecule has 0 radical (unpaired) electrons. The van der Waals surface area contributed by atoms with Crippen molar-refractivity contribution in [3.8, 4) is 22.5 Å². The number of carbonyl (C=O) groups excluding carboxylic acids is 2. The first-order chi connectivity index (χ1) is 11.6. The molecule has 120 valence electrons. The summed E-state index contributed by atoms with van der Waals surface area (Å²) in [6, 6.07) is 18.8. The van der Waals surface area contributed by atoms with Crippen molar-refractivity contribution >= 4 is 12.2 Å². The van der Waals surface area contributed by atoms with Gasteiger partial charge in [-0.05, 0) is 35.4 Å². The van der Waals surface area contributed by atoms with Gasteiger partial charge in [-0.3, -0.25) is 9.59 Å². The number of rotatable bonds is 4. The van der Waals surface area contributed by atoms with Gasteiger partial charge in [0.25, 0.3) is 5.91 Å². The van der Waals surface area contributed by atoms with Crippen LogP contribution in [0.25, 0.3) is 22.5 Å². The molecule has 0 fully saturated rings. The zero-order valence-electron chi connectivity index (χ0n) is 13.5. The molecular weight excluding hydrogens is 302 g/mol. The van der Waals surface area contributed by atoms with Crippen LogP contribution in [0.5, 0.6) is 0 Å². The molecular formula is C20H17NO3. The van der Waals surface area contributed by atoms with Crippen LogP contribution in [0.4, 0.5) is 0 Å². The second-order valence-corrected chi connectivity index (χ2v) is 5.67. The summed E-state index contributed by atoms with van der Waals surface area (Å²) in [4.78, 5) is 24.2. The van der Waals surface area contributed by atoms with Crippen molar-refractivity contribution in [3.05, 3.63) is 72.0 Å². The van der Waals surface area contributed by atoms with Crippen molar-refractivity contribution < 1.29 is 14.0 Å². The third-order valence-electron chi connectivity index (χ3n) is 3.78. The van der Waals surface area contributed by atoms with Crippen molar-refractivity contribution in [1.29, 1.82) is 0 Å². The fourth-order valence-electron chi connectivity index (χ4n) is 2.46. The molecule has 0 saturated heterocycles. The van der Waals surface area contributed by atoms with Gasteiger partial charge >= 0.3 is 0 Å². The number of furan rings is 1. The van der Waals surface area contributed by atoms with Gasteiger partial charge in [-0.1, -0.05) is 36.4 Å². The van der Waals surface area contributed by atoms with Crippen molar-refractivity contribution in [1.82, 2.24) is 4.90 Å². The molecule has 0 unspecified atom stereocenters. The molecule has 4 heteroatoms. The van der Waals surface area contributed by atoms with Crippen LogP contribution in [-0.4, -0.2) is 31.2 Å². The van der Waals surface area contributed by atoms with E-state index in [4.69, 9.17) is 4.42 Å². The highest BCUT2D eigenvalue weighted by Gasteiger charge is 2.08. The maximum Gasteiger partial charge on any atom is 0.253 e. The average molecular weight is 319 g/mol. The van der Waals surface area contributed by atoms with E-state index >= 15 is 0 Å². The molecule has 0 N–H and O–H groups in total. The molecule has 0 bridgehead atoms. The highest BCUT2D eigenvalue weighted by Crippen LogP contribution is 2.26. The topological polar surface area (TPSA) is 50.5 Å².